The summed E-state index contributed by atoms with van der Waals surface area (Å²) in [5.74, 6) is -0.201. The van der Waals surface area contributed by atoms with Gasteiger partial charge in [0.05, 0.1) is 35.3 Å². The van der Waals surface area contributed by atoms with Crippen LogP contribution < -0.4 is 11.1 Å². The summed E-state index contributed by atoms with van der Waals surface area (Å²) in [7, 11) is 0. The van der Waals surface area contributed by atoms with E-state index >= 15 is 0 Å². The second kappa shape index (κ2) is 7.25. The second-order valence-electron chi connectivity index (χ2n) is 6.21. The van der Waals surface area contributed by atoms with E-state index in [0.717, 1.165) is 21.1 Å². The highest BCUT2D eigenvalue weighted by Crippen LogP contribution is 2.23. The number of carbonyl (C=O) groups is 1. The number of fused-ring (bicyclic) bond motifs is 1. The lowest BCUT2D eigenvalue weighted by atomic mass is 10.1. The van der Waals surface area contributed by atoms with Crippen molar-refractivity contribution in [1.29, 1.82) is 0 Å². The van der Waals surface area contributed by atoms with Crippen molar-refractivity contribution in [3.05, 3.63) is 88.7 Å². The monoisotopic (exact) mass is 420 g/mol. The average molecular weight is 421 g/mol. The number of benzene rings is 3. The number of hydrogen-bond acceptors (Lipinski definition) is 3. The lowest BCUT2D eigenvalue weighted by Gasteiger charge is -2.11. The molecule has 0 spiro atoms. The summed E-state index contributed by atoms with van der Waals surface area (Å²) in [4.78, 5) is 16.9. The predicted octanol–water partition coefficient (Wildman–Crippen LogP) is 4.68. The number of nitrogens with zero attached hydrogens (tertiary/aromatic N) is 2. The van der Waals surface area contributed by atoms with Gasteiger partial charge in [-0.3, -0.25) is 4.79 Å². The number of hydrogen-bond donors (Lipinski definition) is 2. The van der Waals surface area contributed by atoms with E-state index in [1.165, 1.54) is 0 Å². The van der Waals surface area contributed by atoms with Crippen molar-refractivity contribution in [2.24, 2.45) is 0 Å². The van der Waals surface area contributed by atoms with Crippen molar-refractivity contribution in [2.75, 3.05) is 11.1 Å². The topological polar surface area (TPSA) is 72.9 Å². The Hall–Kier alpha value is -3.12. The largest absolute Gasteiger partial charge is 0.397 e. The minimum atomic E-state index is -0.201. The van der Waals surface area contributed by atoms with Gasteiger partial charge in [0, 0.05) is 10.0 Å². The molecule has 27 heavy (non-hydrogen) atoms. The van der Waals surface area contributed by atoms with Crippen molar-refractivity contribution in [2.45, 2.75) is 6.54 Å². The Labute approximate surface area is 165 Å². The van der Waals surface area contributed by atoms with E-state index < -0.39 is 0 Å². The van der Waals surface area contributed by atoms with Crippen LogP contribution in [0.15, 0.2) is 77.5 Å². The van der Waals surface area contributed by atoms with Crippen LogP contribution in [0.1, 0.15) is 15.9 Å². The highest BCUT2D eigenvalue weighted by molar-refractivity contribution is 9.10. The number of halogens is 1. The van der Waals surface area contributed by atoms with E-state index in [4.69, 9.17) is 5.73 Å². The van der Waals surface area contributed by atoms with E-state index in [-0.39, 0.29) is 5.91 Å². The fourth-order valence-corrected chi connectivity index (χ4v) is 3.45. The van der Waals surface area contributed by atoms with Gasteiger partial charge in [-0.15, -0.1) is 0 Å². The number of para-hydroxylation sites is 4. The smallest absolute Gasteiger partial charge is 0.255 e. The van der Waals surface area contributed by atoms with Crippen LogP contribution in [0.3, 0.4) is 0 Å². The third kappa shape index (κ3) is 3.57. The minimum Gasteiger partial charge on any atom is -0.397 e. The van der Waals surface area contributed by atoms with Crippen LogP contribution >= 0.6 is 15.9 Å². The van der Waals surface area contributed by atoms with Gasteiger partial charge in [-0.25, -0.2) is 4.98 Å². The lowest BCUT2D eigenvalue weighted by molar-refractivity contribution is 0.102. The van der Waals surface area contributed by atoms with Crippen LogP contribution in [0, 0.1) is 0 Å². The number of carbonyl (C=O) groups excluding carboxylic acids is 1. The molecule has 1 aromatic heterocycles. The van der Waals surface area contributed by atoms with Crippen LogP contribution in [0.4, 0.5) is 11.4 Å². The summed E-state index contributed by atoms with van der Waals surface area (Å²) in [5, 5.41) is 2.84. The summed E-state index contributed by atoms with van der Waals surface area (Å²) in [6, 6.07) is 20.8. The van der Waals surface area contributed by atoms with Gasteiger partial charge in [0.15, 0.2) is 0 Å². The van der Waals surface area contributed by atoms with Gasteiger partial charge in [-0.05, 0) is 42.0 Å². The Morgan fingerprint density at radius 1 is 1.07 bits per heavy atom. The van der Waals surface area contributed by atoms with Gasteiger partial charge in [-0.2, -0.15) is 0 Å². The molecule has 0 unspecified atom stereocenters. The summed E-state index contributed by atoms with van der Waals surface area (Å²) in [6.45, 7) is 0.661. The highest BCUT2D eigenvalue weighted by atomic mass is 79.9. The molecule has 0 bridgehead atoms. The maximum absolute atomic E-state index is 12.5. The van der Waals surface area contributed by atoms with Crippen molar-refractivity contribution < 1.29 is 4.79 Å². The minimum absolute atomic E-state index is 0.201. The molecular weight excluding hydrogens is 404 g/mol. The normalized spacial score (nSPS) is 10.9. The molecule has 6 heteroatoms. The predicted molar refractivity (Wildman–Crippen MR) is 112 cm³/mol. The number of anilines is 2. The Morgan fingerprint density at radius 2 is 1.85 bits per heavy atom. The zero-order valence-corrected chi connectivity index (χ0v) is 16.0. The molecule has 0 saturated heterocycles. The molecule has 0 aliphatic carbocycles. The molecular formula is C21H17BrN4O. The van der Waals surface area contributed by atoms with Crippen molar-refractivity contribution >= 4 is 44.2 Å². The fraction of sp³-hybridized carbons (Fsp3) is 0.0476. The first-order valence-corrected chi connectivity index (χ1v) is 9.25. The molecule has 0 radical (unpaired) electrons. The third-order valence-corrected chi connectivity index (χ3v) is 5.13. The third-order valence-electron chi connectivity index (χ3n) is 4.39. The first-order valence-electron chi connectivity index (χ1n) is 8.46. The zero-order valence-electron chi connectivity index (χ0n) is 14.4. The van der Waals surface area contributed by atoms with Crippen molar-refractivity contribution in [3.8, 4) is 0 Å². The first-order chi connectivity index (χ1) is 13.1. The molecule has 3 N–H and O–H groups in total. The quantitative estimate of drug-likeness (QED) is 0.470. The molecule has 5 nitrogen and oxygen atoms in total. The number of amides is 1. The summed E-state index contributed by atoms with van der Waals surface area (Å²) in [5.41, 5.74) is 10.7. The number of nitrogens with two attached hydrogens (primary N) is 1. The maximum Gasteiger partial charge on any atom is 0.255 e. The van der Waals surface area contributed by atoms with Crippen LogP contribution in [-0.2, 0) is 6.54 Å². The molecule has 4 aromatic rings. The highest BCUT2D eigenvalue weighted by Gasteiger charge is 2.11. The summed E-state index contributed by atoms with van der Waals surface area (Å²) in [6.07, 6.45) is 1.83. The number of imidazole rings is 1. The molecule has 4 rings (SSSR count). The van der Waals surface area contributed by atoms with Gasteiger partial charge in [0.1, 0.15) is 0 Å². The molecule has 0 saturated carbocycles. The zero-order chi connectivity index (χ0) is 18.8. The van der Waals surface area contributed by atoms with E-state index in [1.54, 1.807) is 12.1 Å². The van der Waals surface area contributed by atoms with Crippen LogP contribution in [0.2, 0.25) is 0 Å². The molecule has 0 aliphatic heterocycles. The molecule has 1 heterocycles. The summed E-state index contributed by atoms with van der Waals surface area (Å²) >= 11 is 3.59. The molecule has 0 fully saturated rings. The van der Waals surface area contributed by atoms with E-state index in [9.17, 15) is 4.79 Å². The Balaban J connectivity index is 1.55. The van der Waals surface area contributed by atoms with Crippen LogP contribution in [0.5, 0.6) is 0 Å². The number of rotatable bonds is 4. The SMILES string of the molecule is Nc1ccccc1NC(=O)c1ccc(Cn2cnc3ccccc32)c(Br)c1. The van der Waals surface area contributed by atoms with Gasteiger partial charge in [-0.1, -0.05) is 46.3 Å². The average Bonchev–Trinajstić information content (AvgIpc) is 3.08. The Bertz CT molecular complexity index is 1140. The lowest BCUT2D eigenvalue weighted by Crippen LogP contribution is -2.13. The molecule has 1 amide bonds. The van der Waals surface area contributed by atoms with Gasteiger partial charge < -0.3 is 15.6 Å². The number of aromatic nitrogens is 2. The maximum atomic E-state index is 12.5. The van der Waals surface area contributed by atoms with Gasteiger partial charge in [0.25, 0.3) is 5.91 Å². The first kappa shape index (κ1) is 17.3. The van der Waals surface area contributed by atoms with E-state index in [0.29, 0.717) is 23.5 Å². The van der Waals surface area contributed by atoms with Crippen molar-refractivity contribution in [1.82, 2.24) is 9.55 Å². The van der Waals surface area contributed by atoms with Crippen LogP contribution in [-0.4, -0.2) is 15.5 Å². The Morgan fingerprint density at radius 3 is 2.67 bits per heavy atom. The molecule has 3 aromatic carbocycles. The fourth-order valence-electron chi connectivity index (χ4n) is 2.94. The number of nitrogen functional groups attached to an aromatic ring is 1. The standard InChI is InChI=1S/C21H17BrN4O/c22-16-11-14(21(27)25-18-6-2-1-5-17(18)23)9-10-15(16)12-26-13-24-19-7-3-4-8-20(19)26/h1-11,13H,12,23H2,(H,25,27). The summed E-state index contributed by atoms with van der Waals surface area (Å²) < 4.78 is 2.95. The van der Waals surface area contributed by atoms with Gasteiger partial charge >= 0.3 is 0 Å². The van der Waals surface area contributed by atoms with Crippen LogP contribution in [0.25, 0.3) is 11.0 Å². The molecule has 0 aliphatic rings. The molecule has 134 valence electrons. The van der Waals surface area contributed by atoms with Crippen molar-refractivity contribution in [3.63, 3.8) is 0 Å². The number of nitrogens with one attached hydrogen (secondary N) is 1. The Kier molecular flexibility index (Phi) is 4.64. The van der Waals surface area contributed by atoms with E-state index in [2.05, 4.69) is 30.8 Å². The molecule has 0 atom stereocenters. The van der Waals surface area contributed by atoms with E-state index in [1.807, 2.05) is 60.9 Å². The van der Waals surface area contributed by atoms with Gasteiger partial charge in [0.2, 0.25) is 0 Å². The second-order valence-corrected chi connectivity index (χ2v) is 7.06.